The summed E-state index contributed by atoms with van der Waals surface area (Å²) in [6.45, 7) is 0.998. The number of carbonyl (C=O) groups is 1. The summed E-state index contributed by atoms with van der Waals surface area (Å²) in [6, 6.07) is 19.1. The Hall–Kier alpha value is -2.91. The van der Waals surface area contributed by atoms with Crippen LogP contribution in [0.3, 0.4) is 0 Å². The first-order valence-electron chi connectivity index (χ1n) is 9.10. The van der Waals surface area contributed by atoms with E-state index in [9.17, 15) is 4.79 Å². The normalized spacial score (nSPS) is 10.7. The number of hydrogen-bond acceptors (Lipinski definition) is 6. The molecule has 0 aliphatic carbocycles. The number of nitrogens with zero attached hydrogens (tertiary/aromatic N) is 3. The molecule has 0 saturated heterocycles. The lowest BCUT2D eigenvalue weighted by atomic mass is 10.2. The van der Waals surface area contributed by atoms with E-state index in [1.165, 1.54) is 10.9 Å². The van der Waals surface area contributed by atoms with Gasteiger partial charge in [-0.15, -0.1) is 5.10 Å². The number of halogens is 2. The molecule has 0 aliphatic heterocycles. The van der Waals surface area contributed by atoms with Crippen molar-refractivity contribution in [2.45, 2.75) is 13.1 Å². The van der Waals surface area contributed by atoms with E-state index in [2.05, 4.69) is 52.6 Å². The van der Waals surface area contributed by atoms with Gasteiger partial charge >= 0.3 is 5.91 Å². The summed E-state index contributed by atoms with van der Waals surface area (Å²) in [5.74, 6) is 0.448. The first kappa shape index (κ1) is 20.4. The van der Waals surface area contributed by atoms with Crippen LogP contribution in [0.2, 0.25) is 0 Å². The number of aromatic nitrogens is 3. The maximum absolute atomic E-state index is 12.8. The fourth-order valence-corrected chi connectivity index (χ4v) is 3.70. The molecule has 0 unspecified atom stereocenters. The van der Waals surface area contributed by atoms with Crippen LogP contribution in [-0.4, -0.2) is 20.7 Å². The van der Waals surface area contributed by atoms with E-state index in [-0.39, 0.29) is 5.76 Å². The van der Waals surface area contributed by atoms with E-state index < -0.39 is 5.91 Å². The minimum atomic E-state index is -0.403. The third kappa shape index (κ3) is 4.98. The van der Waals surface area contributed by atoms with Crippen LogP contribution in [0.25, 0.3) is 0 Å². The Morgan fingerprint density at radius 2 is 1.60 bits per heavy atom. The Balaban J connectivity index is 1.55. The summed E-state index contributed by atoms with van der Waals surface area (Å²) < 4.78 is 8.41. The molecule has 0 radical (unpaired) electrons. The lowest BCUT2D eigenvalue weighted by Crippen LogP contribution is -2.17. The number of hydrogen-bond donors (Lipinski definition) is 2. The van der Waals surface area contributed by atoms with Crippen molar-refractivity contribution in [1.82, 2.24) is 14.8 Å². The molecular weight excluding hydrogens is 514 g/mol. The van der Waals surface area contributed by atoms with Crippen LogP contribution >= 0.6 is 31.9 Å². The molecule has 30 heavy (non-hydrogen) atoms. The van der Waals surface area contributed by atoms with Gasteiger partial charge in [0.2, 0.25) is 11.9 Å². The van der Waals surface area contributed by atoms with E-state index in [0.717, 1.165) is 20.1 Å². The average molecular weight is 531 g/mol. The molecule has 0 amide bonds. The summed E-state index contributed by atoms with van der Waals surface area (Å²) in [5.41, 5.74) is 2.09. The monoisotopic (exact) mass is 529 g/mol. The van der Waals surface area contributed by atoms with Gasteiger partial charge in [-0.25, -0.2) is 0 Å². The highest BCUT2D eigenvalue weighted by molar-refractivity contribution is 9.10. The zero-order valence-corrected chi connectivity index (χ0v) is 18.9. The Kier molecular flexibility index (Phi) is 6.29. The quantitative estimate of drug-likeness (QED) is 0.337. The van der Waals surface area contributed by atoms with E-state index in [1.807, 2.05) is 48.5 Å². The third-order valence-corrected chi connectivity index (χ3v) is 5.20. The van der Waals surface area contributed by atoms with Crippen LogP contribution in [0, 0.1) is 0 Å². The van der Waals surface area contributed by atoms with Gasteiger partial charge in [0.25, 0.3) is 0 Å². The molecule has 7 nitrogen and oxygen atoms in total. The van der Waals surface area contributed by atoms with Crippen molar-refractivity contribution in [2.75, 3.05) is 10.6 Å². The zero-order chi connectivity index (χ0) is 20.9. The van der Waals surface area contributed by atoms with Gasteiger partial charge in [-0.3, -0.25) is 4.79 Å². The van der Waals surface area contributed by atoms with Crippen molar-refractivity contribution in [2.24, 2.45) is 0 Å². The standard InChI is InChI=1S/C21H17Br2N5O2/c22-16-6-1-4-14(10-16)12-24-20-26-21(25-13-15-5-2-7-17(23)11-15)28(27-20)19(29)18-8-3-9-30-18/h1-11H,12-13H2,(H2,24,25,26,27). The van der Waals surface area contributed by atoms with Crippen LogP contribution in [0.5, 0.6) is 0 Å². The Labute approximate surface area is 189 Å². The van der Waals surface area contributed by atoms with Gasteiger partial charge in [-0.05, 0) is 47.5 Å². The lowest BCUT2D eigenvalue weighted by Gasteiger charge is -2.06. The van der Waals surface area contributed by atoms with Gasteiger partial charge in [0, 0.05) is 22.0 Å². The summed E-state index contributed by atoms with van der Waals surface area (Å²) in [7, 11) is 0. The summed E-state index contributed by atoms with van der Waals surface area (Å²) >= 11 is 6.92. The molecule has 2 aromatic heterocycles. The Bertz CT molecular complexity index is 1160. The largest absolute Gasteiger partial charge is 0.459 e. The summed E-state index contributed by atoms with van der Waals surface area (Å²) in [5, 5.41) is 10.7. The highest BCUT2D eigenvalue weighted by atomic mass is 79.9. The number of rotatable bonds is 7. The molecule has 9 heteroatoms. The molecule has 0 saturated carbocycles. The SMILES string of the molecule is O=C(c1ccco1)n1nc(NCc2cccc(Br)c2)nc1NCc1cccc(Br)c1. The predicted molar refractivity (Wildman–Crippen MR) is 121 cm³/mol. The smallest absolute Gasteiger partial charge is 0.317 e. The van der Waals surface area contributed by atoms with Crippen molar-refractivity contribution in [3.05, 3.63) is 92.8 Å². The molecule has 4 aromatic rings. The van der Waals surface area contributed by atoms with Gasteiger partial charge in [-0.1, -0.05) is 56.1 Å². The fraction of sp³-hybridized carbons (Fsp3) is 0.0952. The van der Waals surface area contributed by atoms with Gasteiger partial charge < -0.3 is 15.1 Å². The van der Waals surface area contributed by atoms with E-state index >= 15 is 0 Å². The van der Waals surface area contributed by atoms with Gasteiger partial charge in [-0.2, -0.15) is 9.67 Å². The second-order valence-corrected chi connectivity index (χ2v) is 8.25. The van der Waals surface area contributed by atoms with Crippen LogP contribution < -0.4 is 10.6 Å². The van der Waals surface area contributed by atoms with Crippen LogP contribution in [0.15, 0.2) is 80.3 Å². The molecule has 152 valence electrons. The molecule has 0 fully saturated rings. The summed E-state index contributed by atoms with van der Waals surface area (Å²) in [4.78, 5) is 17.3. The van der Waals surface area contributed by atoms with E-state index in [1.54, 1.807) is 12.1 Å². The average Bonchev–Trinajstić information content (AvgIpc) is 3.41. The number of nitrogens with one attached hydrogen (secondary N) is 2. The van der Waals surface area contributed by atoms with Crippen LogP contribution in [0.4, 0.5) is 11.9 Å². The molecule has 0 bridgehead atoms. The molecule has 0 spiro atoms. The third-order valence-electron chi connectivity index (χ3n) is 4.21. The molecule has 2 N–H and O–H groups in total. The van der Waals surface area contributed by atoms with Crippen molar-refractivity contribution >= 4 is 49.7 Å². The van der Waals surface area contributed by atoms with Gasteiger partial charge in [0.1, 0.15) is 0 Å². The Morgan fingerprint density at radius 3 is 2.20 bits per heavy atom. The van der Waals surface area contributed by atoms with Crippen molar-refractivity contribution in [3.63, 3.8) is 0 Å². The number of carbonyl (C=O) groups excluding carboxylic acids is 1. The summed E-state index contributed by atoms with van der Waals surface area (Å²) in [6.07, 6.45) is 1.45. The highest BCUT2D eigenvalue weighted by Crippen LogP contribution is 2.17. The Morgan fingerprint density at radius 1 is 0.933 bits per heavy atom. The first-order chi connectivity index (χ1) is 14.6. The molecule has 4 rings (SSSR count). The van der Waals surface area contributed by atoms with Crippen molar-refractivity contribution in [3.8, 4) is 0 Å². The number of anilines is 2. The van der Waals surface area contributed by atoms with Crippen molar-refractivity contribution in [1.29, 1.82) is 0 Å². The minimum Gasteiger partial charge on any atom is -0.459 e. The topological polar surface area (TPSA) is 85.0 Å². The number of benzene rings is 2. The number of furan rings is 1. The zero-order valence-electron chi connectivity index (χ0n) is 15.7. The second kappa shape index (κ2) is 9.27. The minimum absolute atomic E-state index is 0.184. The van der Waals surface area contributed by atoms with Gasteiger partial charge in [0.15, 0.2) is 5.76 Å². The molecule has 2 aromatic carbocycles. The van der Waals surface area contributed by atoms with Crippen LogP contribution in [0.1, 0.15) is 21.7 Å². The maximum Gasteiger partial charge on any atom is 0.317 e. The van der Waals surface area contributed by atoms with E-state index in [0.29, 0.717) is 25.0 Å². The van der Waals surface area contributed by atoms with Crippen molar-refractivity contribution < 1.29 is 9.21 Å². The predicted octanol–water partition coefficient (Wildman–Crippen LogP) is 5.31. The molecule has 2 heterocycles. The maximum atomic E-state index is 12.8. The molecular formula is C21H17Br2N5O2. The van der Waals surface area contributed by atoms with Gasteiger partial charge in [0.05, 0.1) is 6.26 Å². The molecule has 0 atom stereocenters. The second-order valence-electron chi connectivity index (χ2n) is 6.42. The lowest BCUT2D eigenvalue weighted by molar-refractivity contribution is 0.0920. The first-order valence-corrected chi connectivity index (χ1v) is 10.7. The van der Waals surface area contributed by atoms with Crippen LogP contribution in [-0.2, 0) is 13.1 Å². The van der Waals surface area contributed by atoms with E-state index in [4.69, 9.17) is 4.42 Å². The fourth-order valence-electron chi connectivity index (χ4n) is 2.80. The highest BCUT2D eigenvalue weighted by Gasteiger charge is 2.20. The molecule has 0 aliphatic rings.